The largest absolute Gasteiger partial charge is 0.496 e. The first-order chi connectivity index (χ1) is 24.5. The lowest BCUT2D eigenvalue weighted by molar-refractivity contribution is -0.0385. The maximum atomic E-state index is 13.6. The van der Waals surface area contributed by atoms with Crippen LogP contribution < -0.4 is 42.6 Å². The number of ether oxygens (including phenoxy) is 12. The second kappa shape index (κ2) is 18.3. The summed E-state index contributed by atoms with van der Waals surface area (Å²) in [5, 5.41) is 0. The van der Waals surface area contributed by atoms with Gasteiger partial charge in [-0.05, 0) is 6.42 Å². The van der Waals surface area contributed by atoms with Crippen LogP contribution in [0, 0.1) is 5.41 Å². The zero-order valence-corrected chi connectivity index (χ0v) is 30.4. The summed E-state index contributed by atoms with van der Waals surface area (Å²) in [5.41, 5.74) is -1.33. The summed E-state index contributed by atoms with van der Waals surface area (Å²) in [6.07, 6.45) is 0.200. The Morgan fingerprint density at radius 2 is 0.627 bits per heavy atom. The molecule has 278 valence electrons. The van der Waals surface area contributed by atoms with E-state index in [1.165, 1.54) is 100 Å². The van der Waals surface area contributed by atoms with Gasteiger partial charge in [0.2, 0.25) is 0 Å². The Kier molecular flexibility index (Phi) is 14.3. The molecule has 51 heavy (non-hydrogen) atoms. The lowest BCUT2D eigenvalue weighted by atomic mass is 9.87. The van der Waals surface area contributed by atoms with Crippen LogP contribution in [0.3, 0.4) is 0 Å². The van der Waals surface area contributed by atoms with Crippen LogP contribution >= 0.6 is 0 Å². The molecule has 0 fully saturated rings. The van der Waals surface area contributed by atoms with E-state index in [0.29, 0.717) is 17.2 Å². The number of esters is 3. The lowest BCUT2D eigenvalue weighted by Gasteiger charge is -2.31. The average Bonchev–Trinajstić information content (AvgIpc) is 3.18. The molecule has 0 aliphatic carbocycles. The third kappa shape index (κ3) is 9.09. The molecular formula is C36H44O15. The molecule has 0 N–H and O–H groups in total. The van der Waals surface area contributed by atoms with Gasteiger partial charge in [0.15, 0.2) is 0 Å². The Morgan fingerprint density at radius 1 is 0.412 bits per heavy atom. The van der Waals surface area contributed by atoms with Crippen molar-refractivity contribution in [3.8, 4) is 51.7 Å². The lowest BCUT2D eigenvalue weighted by Crippen LogP contribution is -2.39. The van der Waals surface area contributed by atoms with Crippen molar-refractivity contribution in [3.63, 3.8) is 0 Å². The zero-order valence-electron chi connectivity index (χ0n) is 30.4. The SMILES string of the molecule is CCC(COC(=O)c1c(OC)cc(OC)cc1OC)(COC(=O)c1c(OC)cc(OC)cc1OC)COC(=O)c1c(OC)cc(OC)cc1OC. The first-order valence-electron chi connectivity index (χ1n) is 15.4. The highest BCUT2D eigenvalue weighted by Crippen LogP contribution is 2.38. The maximum Gasteiger partial charge on any atom is 0.345 e. The van der Waals surface area contributed by atoms with Gasteiger partial charge < -0.3 is 56.8 Å². The Labute approximate surface area is 296 Å². The van der Waals surface area contributed by atoms with Gasteiger partial charge in [-0.3, -0.25) is 0 Å². The van der Waals surface area contributed by atoms with E-state index < -0.39 is 23.3 Å². The van der Waals surface area contributed by atoms with E-state index in [1.54, 1.807) is 6.92 Å². The van der Waals surface area contributed by atoms with Gasteiger partial charge >= 0.3 is 17.9 Å². The Morgan fingerprint density at radius 3 is 0.784 bits per heavy atom. The van der Waals surface area contributed by atoms with Crippen molar-refractivity contribution >= 4 is 17.9 Å². The van der Waals surface area contributed by atoms with Crippen molar-refractivity contribution in [1.29, 1.82) is 0 Å². The minimum absolute atomic E-state index is 0.0137. The van der Waals surface area contributed by atoms with E-state index in [2.05, 4.69) is 0 Å². The summed E-state index contributed by atoms with van der Waals surface area (Å²) >= 11 is 0. The molecule has 15 nitrogen and oxygen atoms in total. The third-order valence-electron chi connectivity index (χ3n) is 8.04. The molecule has 0 aliphatic heterocycles. The van der Waals surface area contributed by atoms with Crippen molar-refractivity contribution in [1.82, 2.24) is 0 Å². The summed E-state index contributed by atoms with van der Waals surface area (Å²) in [5.74, 6) is -0.509. The smallest absolute Gasteiger partial charge is 0.345 e. The first-order valence-corrected chi connectivity index (χ1v) is 15.4. The van der Waals surface area contributed by atoms with Crippen LogP contribution in [0.25, 0.3) is 0 Å². The Hall–Kier alpha value is -5.73. The Bertz CT molecular complexity index is 1420. The number of hydrogen-bond acceptors (Lipinski definition) is 15. The molecule has 0 saturated carbocycles. The second-order valence-electron chi connectivity index (χ2n) is 10.8. The molecule has 0 heterocycles. The number of rotatable bonds is 19. The molecule has 0 amide bonds. The molecule has 0 radical (unpaired) electrons. The van der Waals surface area contributed by atoms with Crippen molar-refractivity contribution in [3.05, 3.63) is 53.1 Å². The van der Waals surface area contributed by atoms with Crippen molar-refractivity contribution in [2.75, 3.05) is 83.8 Å². The fraction of sp³-hybridized carbons (Fsp3) is 0.417. The van der Waals surface area contributed by atoms with Crippen LogP contribution in [0.4, 0.5) is 0 Å². The standard InChI is InChI=1S/C36H44O15/c1-11-36(18-49-33(37)30-24(43-5)12-21(40-2)13-25(30)44-6,19-50-34(38)31-26(45-7)14-22(41-3)15-27(31)46-8)20-51-35(39)32-28(47-9)16-23(42-4)17-29(32)48-10/h12-17H,11,18-20H2,1-10H3. The molecule has 0 spiro atoms. The molecule has 0 aliphatic rings. The number of carbonyl (C=O) groups is 3. The minimum atomic E-state index is -1.28. The van der Waals surface area contributed by atoms with Gasteiger partial charge in [0.1, 0.15) is 88.3 Å². The quantitative estimate of drug-likeness (QED) is 0.120. The van der Waals surface area contributed by atoms with E-state index in [1.807, 2.05) is 0 Å². The van der Waals surface area contributed by atoms with Gasteiger partial charge in [-0.25, -0.2) is 14.4 Å². The molecule has 0 unspecified atom stereocenters. The molecule has 3 rings (SSSR count). The third-order valence-corrected chi connectivity index (χ3v) is 8.04. The summed E-state index contributed by atoms with van der Waals surface area (Å²) in [7, 11) is 12.6. The average molecular weight is 717 g/mol. The number of methoxy groups -OCH3 is 9. The van der Waals surface area contributed by atoms with Crippen LogP contribution in [0.1, 0.15) is 44.4 Å². The predicted molar refractivity (Wildman–Crippen MR) is 182 cm³/mol. The molecule has 0 atom stereocenters. The van der Waals surface area contributed by atoms with Gasteiger partial charge in [0.25, 0.3) is 0 Å². The number of benzene rings is 3. The molecule has 0 aromatic heterocycles. The van der Waals surface area contributed by atoms with Crippen LogP contribution in [0.15, 0.2) is 36.4 Å². The second-order valence-corrected chi connectivity index (χ2v) is 10.8. The molecule has 15 heteroatoms. The van der Waals surface area contributed by atoms with Crippen LogP contribution in [0.2, 0.25) is 0 Å². The van der Waals surface area contributed by atoms with Crippen LogP contribution in [-0.4, -0.2) is 102 Å². The highest BCUT2D eigenvalue weighted by Gasteiger charge is 2.37. The van der Waals surface area contributed by atoms with E-state index in [9.17, 15) is 14.4 Å². The highest BCUT2D eigenvalue weighted by molar-refractivity contribution is 5.97. The minimum Gasteiger partial charge on any atom is -0.496 e. The number of carbonyl (C=O) groups excluding carboxylic acids is 3. The molecular weight excluding hydrogens is 672 g/mol. The van der Waals surface area contributed by atoms with Crippen molar-refractivity contribution in [2.45, 2.75) is 13.3 Å². The number of hydrogen-bond donors (Lipinski definition) is 0. The Balaban J connectivity index is 2.01. The van der Waals surface area contributed by atoms with Gasteiger partial charge in [0, 0.05) is 36.4 Å². The van der Waals surface area contributed by atoms with E-state index in [-0.39, 0.29) is 77.4 Å². The predicted octanol–water partition coefficient (Wildman–Crippen LogP) is 5.03. The summed E-state index contributed by atoms with van der Waals surface area (Å²) in [6.45, 7) is 0.617. The van der Waals surface area contributed by atoms with E-state index >= 15 is 0 Å². The van der Waals surface area contributed by atoms with Crippen molar-refractivity contribution < 1.29 is 71.2 Å². The van der Waals surface area contributed by atoms with E-state index in [4.69, 9.17) is 56.8 Å². The fourth-order valence-electron chi connectivity index (χ4n) is 4.92. The van der Waals surface area contributed by atoms with Crippen LogP contribution in [0.5, 0.6) is 51.7 Å². The first kappa shape index (κ1) is 39.7. The van der Waals surface area contributed by atoms with Gasteiger partial charge in [-0.2, -0.15) is 0 Å². The summed E-state index contributed by atoms with van der Waals surface area (Å²) in [6, 6.07) is 9.01. The zero-order chi connectivity index (χ0) is 37.7. The highest BCUT2D eigenvalue weighted by atomic mass is 16.6. The van der Waals surface area contributed by atoms with Crippen LogP contribution in [-0.2, 0) is 14.2 Å². The van der Waals surface area contributed by atoms with E-state index in [0.717, 1.165) is 0 Å². The monoisotopic (exact) mass is 716 g/mol. The summed E-state index contributed by atoms with van der Waals surface area (Å²) in [4.78, 5) is 40.8. The molecule has 0 bridgehead atoms. The van der Waals surface area contributed by atoms with Gasteiger partial charge in [0.05, 0.1) is 69.4 Å². The molecule has 3 aromatic carbocycles. The summed E-state index contributed by atoms with van der Waals surface area (Å²) < 4.78 is 65.8. The fourth-order valence-corrected chi connectivity index (χ4v) is 4.92. The molecule has 3 aromatic rings. The van der Waals surface area contributed by atoms with Crippen molar-refractivity contribution in [2.24, 2.45) is 5.41 Å². The van der Waals surface area contributed by atoms with Gasteiger partial charge in [-0.15, -0.1) is 0 Å². The maximum absolute atomic E-state index is 13.6. The molecule has 0 saturated heterocycles. The normalized spacial score (nSPS) is 10.7. The van der Waals surface area contributed by atoms with Gasteiger partial charge in [-0.1, -0.05) is 6.92 Å². The topological polar surface area (TPSA) is 162 Å².